The lowest BCUT2D eigenvalue weighted by Crippen LogP contribution is -2.33. The van der Waals surface area contributed by atoms with Gasteiger partial charge in [0.2, 0.25) is 0 Å². The van der Waals surface area contributed by atoms with E-state index in [2.05, 4.69) is 0 Å². The van der Waals surface area contributed by atoms with Crippen LogP contribution in [0.1, 0.15) is 50.1 Å². The summed E-state index contributed by atoms with van der Waals surface area (Å²) in [6.07, 6.45) is 4.64. The van der Waals surface area contributed by atoms with Crippen LogP contribution in [-0.4, -0.2) is 35.1 Å². The maximum atomic E-state index is 13.4. The molecule has 1 saturated heterocycles. The van der Waals surface area contributed by atoms with Crippen molar-refractivity contribution in [2.45, 2.75) is 44.6 Å². The molecule has 2 amide bonds. The molecule has 1 atom stereocenters. The van der Waals surface area contributed by atoms with Gasteiger partial charge in [0.25, 0.3) is 0 Å². The number of hydrogen-bond acceptors (Lipinski definition) is 2. The highest BCUT2D eigenvalue weighted by Gasteiger charge is 2.38. The maximum absolute atomic E-state index is 13.4. The van der Waals surface area contributed by atoms with E-state index in [-0.39, 0.29) is 24.3 Å². The van der Waals surface area contributed by atoms with Gasteiger partial charge in [-0.1, -0.05) is 49.6 Å². The summed E-state index contributed by atoms with van der Waals surface area (Å²) in [7, 11) is 0. The maximum Gasteiger partial charge on any atom is 0.325 e. The number of carboxylic acid groups (broad SMARTS) is 1. The summed E-state index contributed by atoms with van der Waals surface area (Å²) in [6.45, 7) is 1.26. The molecule has 3 rings (SSSR count). The monoisotopic (exact) mass is 398 g/mol. The van der Waals surface area contributed by atoms with Crippen molar-refractivity contribution in [2.24, 2.45) is 0 Å². The molecule has 1 aliphatic heterocycles. The molecule has 154 valence electrons. The molecule has 1 N–H and O–H groups in total. The van der Waals surface area contributed by atoms with Crippen LogP contribution in [0.25, 0.3) is 0 Å². The molecule has 1 aliphatic rings. The van der Waals surface area contributed by atoms with E-state index >= 15 is 0 Å². The molecule has 0 saturated carbocycles. The molecule has 0 radical (unpaired) electrons. The van der Waals surface area contributed by atoms with E-state index in [0.29, 0.717) is 25.2 Å². The molecule has 2 aromatic carbocycles. The van der Waals surface area contributed by atoms with Gasteiger partial charge in [0.15, 0.2) is 0 Å². The van der Waals surface area contributed by atoms with Crippen molar-refractivity contribution < 1.29 is 19.1 Å². The van der Waals surface area contributed by atoms with Crippen LogP contribution in [0.15, 0.2) is 54.6 Å². The first-order valence-corrected chi connectivity index (χ1v) is 10.2. The number of carbonyl (C=O) groups is 2. The number of unbranched alkanes of at least 4 members (excludes halogenated alkanes) is 4. The average molecular weight is 398 g/mol. The molecule has 6 heteroatoms. The SMILES string of the molecule is O=C(O)CCCCCCCN1CC(c2ccccc2)N(c2ccc(F)cc2)C1=O. The molecule has 1 fully saturated rings. The van der Waals surface area contributed by atoms with Crippen LogP contribution in [0, 0.1) is 5.82 Å². The van der Waals surface area contributed by atoms with Gasteiger partial charge in [-0.3, -0.25) is 9.69 Å². The molecule has 0 spiro atoms. The third-order valence-electron chi connectivity index (χ3n) is 5.29. The first-order chi connectivity index (χ1) is 14.1. The predicted octanol–water partition coefficient (Wildman–Crippen LogP) is 5.23. The smallest absolute Gasteiger partial charge is 0.325 e. The Hall–Kier alpha value is -2.89. The van der Waals surface area contributed by atoms with Gasteiger partial charge >= 0.3 is 12.0 Å². The highest BCUT2D eigenvalue weighted by atomic mass is 19.1. The zero-order valence-corrected chi connectivity index (χ0v) is 16.5. The highest BCUT2D eigenvalue weighted by molar-refractivity contribution is 5.95. The molecule has 0 aliphatic carbocycles. The van der Waals surface area contributed by atoms with E-state index < -0.39 is 5.97 Å². The lowest BCUT2D eigenvalue weighted by Gasteiger charge is -2.23. The second-order valence-electron chi connectivity index (χ2n) is 7.41. The zero-order valence-electron chi connectivity index (χ0n) is 16.5. The molecular formula is C23H27FN2O3. The van der Waals surface area contributed by atoms with Crippen molar-refractivity contribution in [3.63, 3.8) is 0 Å². The summed E-state index contributed by atoms with van der Waals surface area (Å²) >= 11 is 0. The summed E-state index contributed by atoms with van der Waals surface area (Å²) in [5.74, 6) is -1.07. The first-order valence-electron chi connectivity index (χ1n) is 10.2. The van der Waals surface area contributed by atoms with E-state index in [4.69, 9.17) is 5.11 Å². The Morgan fingerprint density at radius 2 is 1.62 bits per heavy atom. The standard InChI is InChI=1S/C23H27FN2O3/c24-19-12-14-20(15-13-19)26-21(18-9-5-4-6-10-18)17-25(23(26)29)16-8-3-1-2-7-11-22(27)28/h4-6,9-10,12-15,21H,1-3,7-8,11,16-17H2,(H,27,28). The molecular weight excluding hydrogens is 371 g/mol. The molecule has 1 heterocycles. The Balaban J connectivity index is 1.62. The van der Waals surface area contributed by atoms with Crippen LogP contribution in [0.5, 0.6) is 0 Å². The van der Waals surface area contributed by atoms with Crippen LogP contribution in [0.3, 0.4) is 0 Å². The number of hydrogen-bond donors (Lipinski definition) is 1. The lowest BCUT2D eigenvalue weighted by molar-refractivity contribution is -0.137. The molecule has 0 aromatic heterocycles. The van der Waals surface area contributed by atoms with Crippen molar-refractivity contribution in [1.82, 2.24) is 4.90 Å². The summed E-state index contributed by atoms with van der Waals surface area (Å²) in [5, 5.41) is 8.67. The van der Waals surface area contributed by atoms with Gasteiger partial charge in [-0.15, -0.1) is 0 Å². The van der Waals surface area contributed by atoms with Crippen molar-refractivity contribution in [3.8, 4) is 0 Å². The Morgan fingerprint density at radius 3 is 2.31 bits per heavy atom. The topological polar surface area (TPSA) is 60.9 Å². The van der Waals surface area contributed by atoms with Crippen LogP contribution >= 0.6 is 0 Å². The minimum Gasteiger partial charge on any atom is -0.481 e. The summed E-state index contributed by atoms with van der Waals surface area (Å²) in [5.41, 5.74) is 1.75. The van der Waals surface area contributed by atoms with Crippen LogP contribution in [0.2, 0.25) is 0 Å². The van der Waals surface area contributed by atoms with Crippen LogP contribution < -0.4 is 4.90 Å². The Kier molecular flexibility index (Phi) is 7.22. The number of carbonyl (C=O) groups excluding carboxylic acids is 1. The molecule has 5 nitrogen and oxygen atoms in total. The Morgan fingerprint density at radius 1 is 0.966 bits per heavy atom. The van der Waals surface area contributed by atoms with Gasteiger partial charge < -0.3 is 10.0 Å². The van der Waals surface area contributed by atoms with Gasteiger partial charge in [-0.2, -0.15) is 0 Å². The fourth-order valence-corrected chi connectivity index (χ4v) is 3.77. The number of halogens is 1. The van der Waals surface area contributed by atoms with Gasteiger partial charge in [-0.05, 0) is 42.7 Å². The molecule has 1 unspecified atom stereocenters. The third-order valence-corrected chi connectivity index (χ3v) is 5.29. The van der Waals surface area contributed by atoms with E-state index in [1.165, 1.54) is 12.1 Å². The van der Waals surface area contributed by atoms with E-state index in [0.717, 1.165) is 31.2 Å². The average Bonchev–Trinajstić information content (AvgIpc) is 3.05. The first kappa shape index (κ1) is 20.8. The quantitative estimate of drug-likeness (QED) is 0.557. The fraction of sp³-hybridized carbons (Fsp3) is 0.391. The number of anilines is 1. The van der Waals surface area contributed by atoms with Crippen molar-refractivity contribution in [1.29, 1.82) is 0 Å². The second kappa shape index (κ2) is 10.0. The van der Waals surface area contributed by atoms with Gasteiger partial charge in [0, 0.05) is 25.2 Å². The molecule has 2 aromatic rings. The van der Waals surface area contributed by atoms with E-state index in [1.54, 1.807) is 17.0 Å². The van der Waals surface area contributed by atoms with Crippen LogP contribution in [-0.2, 0) is 4.79 Å². The second-order valence-corrected chi connectivity index (χ2v) is 7.41. The van der Waals surface area contributed by atoms with Crippen molar-refractivity contribution in [3.05, 3.63) is 66.0 Å². The number of nitrogens with zero attached hydrogens (tertiary/aromatic N) is 2. The van der Waals surface area contributed by atoms with Gasteiger partial charge in [0.05, 0.1) is 6.04 Å². The lowest BCUT2D eigenvalue weighted by atomic mass is 10.1. The minimum atomic E-state index is -0.750. The Labute approximate surface area is 170 Å². The molecule has 0 bridgehead atoms. The summed E-state index contributed by atoms with van der Waals surface area (Å²) in [4.78, 5) is 27.3. The minimum absolute atomic E-state index is 0.0589. The highest BCUT2D eigenvalue weighted by Crippen LogP contribution is 2.34. The zero-order chi connectivity index (χ0) is 20.6. The normalized spacial score (nSPS) is 16.4. The van der Waals surface area contributed by atoms with Crippen LogP contribution in [0.4, 0.5) is 14.9 Å². The van der Waals surface area contributed by atoms with E-state index in [9.17, 15) is 14.0 Å². The summed E-state index contributed by atoms with van der Waals surface area (Å²) in [6, 6.07) is 15.8. The largest absolute Gasteiger partial charge is 0.481 e. The fourth-order valence-electron chi connectivity index (χ4n) is 3.77. The number of rotatable bonds is 10. The number of amides is 2. The van der Waals surface area contributed by atoms with Gasteiger partial charge in [0.1, 0.15) is 5.82 Å². The predicted molar refractivity (Wildman–Crippen MR) is 110 cm³/mol. The summed E-state index contributed by atoms with van der Waals surface area (Å²) < 4.78 is 13.4. The van der Waals surface area contributed by atoms with Crippen molar-refractivity contribution in [2.75, 3.05) is 18.0 Å². The number of aliphatic carboxylic acids is 1. The Bertz CT molecular complexity index is 811. The van der Waals surface area contributed by atoms with Crippen molar-refractivity contribution >= 4 is 17.7 Å². The third kappa shape index (κ3) is 5.56. The number of urea groups is 1. The number of benzene rings is 2. The van der Waals surface area contributed by atoms with Gasteiger partial charge in [-0.25, -0.2) is 9.18 Å². The van der Waals surface area contributed by atoms with E-state index in [1.807, 2.05) is 35.2 Å². The molecule has 29 heavy (non-hydrogen) atoms. The number of carboxylic acids is 1.